The number of hydrogen-bond donors (Lipinski definition) is 4. The van der Waals surface area contributed by atoms with E-state index in [1.165, 1.54) is 6.20 Å². The molecule has 1 unspecified atom stereocenters. The van der Waals surface area contributed by atoms with E-state index >= 15 is 0 Å². The highest BCUT2D eigenvalue weighted by Gasteiger charge is 2.18. The SMILES string of the molecule is CC(C)S(=O)c1ccc(-c2cnc(N)c(C(=N)OC(=N)CCNC(=O)OC(C)(C)C)n2)cc1. The number of nitrogens with one attached hydrogen (secondary N) is 3. The van der Waals surface area contributed by atoms with Crippen LogP contribution in [0.4, 0.5) is 10.6 Å². The van der Waals surface area contributed by atoms with Crippen LogP contribution in [-0.2, 0) is 20.3 Å². The maximum Gasteiger partial charge on any atom is 0.407 e. The molecule has 1 atom stereocenters. The molecule has 1 aromatic carbocycles. The Bertz CT molecular complexity index is 1050. The van der Waals surface area contributed by atoms with Gasteiger partial charge in [0.2, 0.25) is 5.90 Å². The van der Waals surface area contributed by atoms with Crippen molar-refractivity contribution in [3.8, 4) is 11.3 Å². The van der Waals surface area contributed by atoms with E-state index < -0.39 is 28.4 Å². The smallest absolute Gasteiger partial charge is 0.407 e. The molecule has 11 heteroatoms. The molecule has 10 nitrogen and oxygen atoms in total. The summed E-state index contributed by atoms with van der Waals surface area (Å²) in [5.74, 6) is -0.689. The molecule has 33 heavy (non-hydrogen) atoms. The van der Waals surface area contributed by atoms with Crippen LogP contribution in [0.15, 0.2) is 35.4 Å². The van der Waals surface area contributed by atoms with Crippen molar-refractivity contribution in [2.24, 2.45) is 0 Å². The van der Waals surface area contributed by atoms with Gasteiger partial charge >= 0.3 is 6.09 Å². The van der Waals surface area contributed by atoms with Gasteiger partial charge in [-0.05, 0) is 32.9 Å². The van der Waals surface area contributed by atoms with Gasteiger partial charge in [-0.2, -0.15) is 0 Å². The Balaban J connectivity index is 2.02. The van der Waals surface area contributed by atoms with E-state index in [4.69, 9.17) is 26.0 Å². The van der Waals surface area contributed by atoms with Crippen LogP contribution in [0.2, 0.25) is 0 Å². The first kappa shape index (κ1) is 25.9. The summed E-state index contributed by atoms with van der Waals surface area (Å²) in [7, 11) is -1.10. The van der Waals surface area contributed by atoms with Crippen molar-refractivity contribution in [2.45, 2.75) is 56.8 Å². The number of anilines is 1. The first-order valence-electron chi connectivity index (χ1n) is 10.3. The summed E-state index contributed by atoms with van der Waals surface area (Å²) in [4.78, 5) is 20.8. The van der Waals surface area contributed by atoms with Crippen LogP contribution in [0.3, 0.4) is 0 Å². The van der Waals surface area contributed by atoms with Gasteiger partial charge in [-0.3, -0.25) is 15.0 Å². The average Bonchev–Trinajstić information content (AvgIpc) is 2.72. The summed E-state index contributed by atoms with van der Waals surface area (Å²) < 4.78 is 22.6. The van der Waals surface area contributed by atoms with Gasteiger partial charge in [0.25, 0.3) is 0 Å². The van der Waals surface area contributed by atoms with Gasteiger partial charge in [0, 0.05) is 28.7 Å². The molecule has 0 spiro atoms. The second-order valence-corrected chi connectivity index (χ2v) is 10.4. The van der Waals surface area contributed by atoms with Gasteiger partial charge in [-0.25, -0.2) is 14.8 Å². The zero-order valence-electron chi connectivity index (χ0n) is 19.4. The number of hydrogen-bond acceptors (Lipinski definition) is 9. The number of nitrogens with zero attached hydrogens (tertiary/aromatic N) is 2. The second kappa shape index (κ2) is 11.0. The van der Waals surface area contributed by atoms with Crippen LogP contribution in [0.25, 0.3) is 11.3 Å². The topological polar surface area (TPSA) is 164 Å². The molecule has 0 radical (unpaired) electrons. The first-order valence-corrected chi connectivity index (χ1v) is 11.5. The Hall–Kier alpha value is -3.34. The van der Waals surface area contributed by atoms with Crippen molar-refractivity contribution < 1.29 is 18.5 Å². The number of benzene rings is 1. The Morgan fingerprint density at radius 2 is 1.85 bits per heavy atom. The van der Waals surface area contributed by atoms with Gasteiger partial charge < -0.3 is 20.5 Å². The molecule has 0 saturated carbocycles. The molecule has 1 heterocycles. The number of carbonyl (C=O) groups excluding carboxylic acids is 1. The summed E-state index contributed by atoms with van der Waals surface area (Å²) in [5.41, 5.74) is 6.39. The third-order valence-corrected chi connectivity index (χ3v) is 5.67. The molecule has 0 aliphatic rings. The minimum absolute atomic E-state index is 0.00560. The van der Waals surface area contributed by atoms with Crippen LogP contribution in [0, 0.1) is 10.8 Å². The third kappa shape index (κ3) is 7.94. The van der Waals surface area contributed by atoms with E-state index in [1.807, 2.05) is 13.8 Å². The largest absolute Gasteiger partial charge is 0.444 e. The fourth-order valence-corrected chi connectivity index (χ4v) is 3.50. The predicted octanol–water partition coefficient (Wildman–Crippen LogP) is 3.48. The van der Waals surface area contributed by atoms with Gasteiger partial charge in [-0.1, -0.05) is 26.0 Å². The molecule has 2 rings (SSSR count). The quantitative estimate of drug-likeness (QED) is 0.352. The van der Waals surface area contributed by atoms with Crippen molar-refractivity contribution in [2.75, 3.05) is 12.3 Å². The molecule has 1 amide bonds. The van der Waals surface area contributed by atoms with Gasteiger partial charge in [-0.15, -0.1) is 0 Å². The summed E-state index contributed by atoms with van der Waals surface area (Å²) in [5, 5.41) is 18.6. The summed E-state index contributed by atoms with van der Waals surface area (Å²) in [6.45, 7) is 9.13. The number of rotatable bonds is 7. The maximum atomic E-state index is 12.2. The van der Waals surface area contributed by atoms with Crippen LogP contribution < -0.4 is 11.1 Å². The Labute approximate surface area is 195 Å². The fourth-order valence-electron chi connectivity index (χ4n) is 2.55. The molecular weight excluding hydrogens is 444 g/mol. The average molecular weight is 475 g/mol. The fraction of sp³-hybridized carbons (Fsp3) is 0.409. The number of alkyl carbamates (subject to hydrolysis) is 1. The van der Waals surface area contributed by atoms with E-state index in [0.717, 1.165) is 0 Å². The van der Waals surface area contributed by atoms with Crippen LogP contribution in [0.1, 0.15) is 46.7 Å². The minimum Gasteiger partial charge on any atom is -0.444 e. The van der Waals surface area contributed by atoms with Crippen LogP contribution >= 0.6 is 0 Å². The molecule has 0 fully saturated rings. The second-order valence-electron chi connectivity index (χ2n) is 8.39. The molecule has 0 saturated heterocycles. The van der Waals surface area contributed by atoms with E-state index in [9.17, 15) is 9.00 Å². The Kier molecular flexibility index (Phi) is 8.63. The summed E-state index contributed by atoms with van der Waals surface area (Å²) in [6, 6.07) is 7.07. The standard InChI is InChI=1S/C22H30N6O4S/c1-13(2)33(30)15-8-6-14(7-9-15)16-12-27-19(24)18(28-16)20(25)31-17(23)10-11-26-21(29)32-22(3,4)5/h6-9,12-13,23,25H,10-11H2,1-5H3,(H2,24,27)(H,26,29). The highest BCUT2D eigenvalue weighted by Crippen LogP contribution is 2.21. The molecule has 5 N–H and O–H groups in total. The summed E-state index contributed by atoms with van der Waals surface area (Å²) >= 11 is 0. The van der Waals surface area contributed by atoms with E-state index in [-0.39, 0.29) is 35.6 Å². The van der Waals surface area contributed by atoms with Gasteiger partial charge in [0.05, 0.1) is 22.7 Å². The number of carbonyl (C=O) groups is 1. The van der Waals surface area contributed by atoms with Crippen molar-refractivity contribution >= 4 is 34.5 Å². The zero-order chi connectivity index (χ0) is 24.8. The Morgan fingerprint density at radius 1 is 1.21 bits per heavy atom. The lowest BCUT2D eigenvalue weighted by Crippen LogP contribution is -2.33. The molecular formula is C22H30N6O4S. The number of aromatic nitrogens is 2. The molecule has 0 bridgehead atoms. The van der Waals surface area contributed by atoms with Crippen molar-refractivity contribution in [3.63, 3.8) is 0 Å². The number of nitrogen functional groups attached to an aromatic ring is 1. The number of nitrogens with two attached hydrogens (primary N) is 1. The lowest BCUT2D eigenvalue weighted by molar-refractivity contribution is 0.0529. The molecule has 0 aliphatic carbocycles. The van der Waals surface area contributed by atoms with E-state index in [2.05, 4.69) is 15.3 Å². The molecule has 1 aromatic heterocycles. The summed E-state index contributed by atoms with van der Waals surface area (Å²) in [6.07, 6.45) is 0.913. The van der Waals surface area contributed by atoms with Gasteiger partial charge in [0.1, 0.15) is 5.60 Å². The first-order chi connectivity index (χ1) is 15.4. The maximum absolute atomic E-state index is 12.2. The van der Waals surface area contributed by atoms with Gasteiger partial charge in [0.15, 0.2) is 17.4 Å². The van der Waals surface area contributed by atoms with Crippen molar-refractivity contribution in [3.05, 3.63) is 36.2 Å². The highest BCUT2D eigenvalue weighted by atomic mass is 32.2. The third-order valence-electron chi connectivity index (χ3n) is 4.07. The molecule has 0 aliphatic heterocycles. The van der Waals surface area contributed by atoms with E-state index in [0.29, 0.717) is 16.2 Å². The minimum atomic E-state index is -1.10. The van der Waals surface area contributed by atoms with Crippen molar-refractivity contribution in [1.82, 2.24) is 15.3 Å². The number of ether oxygens (including phenoxy) is 2. The van der Waals surface area contributed by atoms with Crippen molar-refractivity contribution in [1.29, 1.82) is 10.8 Å². The molecule has 2 aromatic rings. The highest BCUT2D eigenvalue weighted by molar-refractivity contribution is 7.85. The van der Waals surface area contributed by atoms with Crippen LogP contribution in [0.5, 0.6) is 0 Å². The normalized spacial score (nSPS) is 12.2. The zero-order valence-corrected chi connectivity index (χ0v) is 20.2. The van der Waals surface area contributed by atoms with Crippen LogP contribution in [-0.4, -0.2) is 49.5 Å². The molecule has 178 valence electrons. The monoisotopic (exact) mass is 474 g/mol. The Morgan fingerprint density at radius 3 is 2.42 bits per heavy atom. The predicted molar refractivity (Wildman–Crippen MR) is 128 cm³/mol. The van der Waals surface area contributed by atoms with E-state index in [1.54, 1.807) is 45.0 Å². The lowest BCUT2D eigenvalue weighted by atomic mass is 10.1. The number of amides is 1. The lowest BCUT2D eigenvalue weighted by Gasteiger charge is -2.19.